The lowest BCUT2D eigenvalue weighted by Gasteiger charge is -2.27. The maximum Gasteiger partial charge on any atom is 0.123 e. The van der Waals surface area contributed by atoms with Crippen LogP contribution in [-0.2, 0) is 4.74 Å². The van der Waals surface area contributed by atoms with Gasteiger partial charge in [0.25, 0.3) is 0 Å². The van der Waals surface area contributed by atoms with E-state index in [0.29, 0.717) is 6.42 Å². The number of halogens is 1. The smallest absolute Gasteiger partial charge is 0.123 e. The third-order valence-electron chi connectivity index (χ3n) is 2.90. The lowest BCUT2D eigenvalue weighted by molar-refractivity contribution is 0.00992. The zero-order valence-corrected chi connectivity index (χ0v) is 10.4. The standard InChI is InChI=1S/C13H20FNO/c1-9-7-10(14)5-6-11(9)12(15)8-13(2,3)16-4/h5-7,12H,8,15H2,1-4H3. The molecule has 1 unspecified atom stereocenters. The summed E-state index contributed by atoms with van der Waals surface area (Å²) in [6.07, 6.45) is 0.704. The van der Waals surface area contributed by atoms with Crippen LogP contribution in [0.1, 0.15) is 37.4 Å². The van der Waals surface area contributed by atoms with E-state index in [1.165, 1.54) is 12.1 Å². The minimum absolute atomic E-state index is 0.129. The summed E-state index contributed by atoms with van der Waals surface area (Å²) in [5.74, 6) is -0.223. The number of hydrogen-bond donors (Lipinski definition) is 1. The average Bonchev–Trinajstić information content (AvgIpc) is 2.16. The van der Waals surface area contributed by atoms with E-state index in [-0.39, 0.29) is 17.5 Å². The van der Waals surface area contributed by atoms with E-state index >= 15 is 0 Å². The molecule has 0 aromatic heterocycles. The van der Waals surface area contributed by atoms with Crippen molar-refractivity contribution in [1.29, 1.82) is 0 Å². The van der Waals surface area contributed by atoms with Crippen LogP contribution in [0.5, 0.6) is 0 Å². The van der Waals surface area contributed by atoms with E-state index in [4.69, 9.17) is 10.5 Å². The van der Waals surface area contributed by atoms with Gasteiger partial charge >= 0.3 is 0 Å². The average molecular weight is 225 g/mol. The van der Waals surface area contributed by atoms with Gasteiger partial charge < -0.3 is 10.5 Å². The first kappa shape index (κ1) is 13.1. The van der Waals surface area contributed by atoms with Crippen LogP contribution in [0.25, 0.3) is 0 Å². The van der Waals surface area contributed by atoms with Gasteiger partial charge in [0, 0.05) is 13.2 Å². The molecule has 1 aromatic carbocycles. The lowest BCUT2D eigenvalue weighted by Crippen LogP contribution is -2.29. The zero-order valence-electron chi connectivity index (χ0n) is 10.4. The van der Waals surface area contributed by atoms with Crippen LogP contribution in [0.15, 0.2) is 18.2 Å². The SMILES string of the molecule is COC(C)(C)CC(N)c1ccc(F)cc1C. The molecular formula is C13H20FNO. The highest BCUT2D eigenvalue weighted by Crippen LogP contribution is 2.26. The first-order valence-electron chi connectivity index (χ1n) is 5.42. The summed E-state index contributed by atoms with van der Waals surface area (Å²) in [6.45, 7) is 5.86. The second-order valence-electron chi connectivity index (χ2n) is 4.78. The van der Waals surface area contributed by atoms with E-state index in [1.54, 1.807) is 13.2 Å². The first-order valence-corrected chi connectivity index (χ1v) is 5.42. The summed E-state index contributed by atoms with van der Waals surface area (Å²) >= 11 is 0. The second kappa shape index (κ2) is 4.93. The zero-order chi connectivity index (χ0) is 12.3. The normalized spacial score (nSPS) is 13.9. The van der Waals surface area contributed by atoms with Crippen molar-refractivity contribution < 1.29 is 9.13 Å². The Bertz CT molecular complexity index is 363. The van der Waals surface area contributed by atoms with Crippen LogP contribution in [-0.4, -0.2) is 12.7 Å². The summed E-state index contributed by atoms with van der Waals surface area (Å²) in [5, 5.41) is 0. The Labute approximate surface area is 96.6 Å². The van der Waals surface area contributed by atoms with Gasteiger partial charge in [0.2, 0.25) is 0 Å². The Morgan fingerprint density at radius 2 is 2.06 bits per heavy atom. The molecule has 0 aliphatic carbocycles. The van der Waals surface area contributed by atoms with Crippen LogP contribution in [0, 0.1) is 12.7 Å². The molecule has 0 saturated heterocycles. The van der Waals surface area contributed by atoms with Gasteiger partial charge in [0.05, 0.1) is 5.60 Å². The molecule has 2 N–H and O–H groups in total. The molecule has 0 radical (unpaired) electrons. The Morgan fingerprint density at radius 1 is 1.44 bits per heavy atom. The molecule has 0 bridgehead atoms. The fourth-order valence-corrected chi connectivity index (χ4v) is 1.78. The monoisotopic (exact) mass is 225 g/mol. The van der Waals surface area contributed by atoms with Gasteiger partial charge in [-0.05, 0) is 50.5 Å². The highest BCUT2D eigenvalue weighted by molar-refractivity contribution is 5.29. The molecule has 3 heteroatoms. The number of benzene rings is 1. The van der Waals surface area contributed by atoms with Gasteiger partial charge in [0.15, 0.2) is 0 Å². The minimum atomic E-state index is -0.264. The first-order chi connectivity index (χ1) is 7.35. The van der Waals surface area contributed by atoms with Crippen molar-refractivity contribution >= 4 is 0 Å². The van der Waals surface area contributed by atoms with Gasteiger partial charge in [0.1, 0.15) is 5.82 Å². The molecule has 1 rings (SSSR count). The summed E-state index contributed by atoms with van der Waals surface area (Å²) in [7, 11) is 1.67. The Hall–Kier alpha value is -0.930. The molecule has 16 heavy (non-hydrogen) atoms. The molecule has 0 spiro atoms. The van der Waals surface area contributed by atoms with Crippen LogP contribution in [0.4, 0.5) is 4.39 Å². The Kier molecular flexibility index (Phi) is 4.05. The Morgan fingerprint density at radius 3 is 2.56 bits per heavy atom. The van der Waals surface area contributed by atoms with Crippen LogP contribution >= 0.6 is 0 Å². The molecule has 2 nitrogen and oxygen atoms in total. The maximum atomic E-state index is 12.9. The molecule has 0 heterocycles. The molecule has 0 saturated carbocycles. The summed E-state index contributed by atoms with van der Waals surface area (Å²) < 4.78 is 18.3. The van der Waals surface area contributed by atoms with E-state index in [9.17, 15) is 4.39 Å². The number of aryl methyl sites for hydroxylation is 1. The third kappa shape index (κ3) is 3.29. The van der Waals surface area contributed by atoms with Crippen LogP contribution in [0.2, 0.25) is 0 Å². The largest absolute Gasteiger partial charge is 0.379 e. The van der Waals surface area contributed by atoms with Gasteiger partial charge in [-0.1, -0.05) is 6.07 Å². The van der Waals surface area contributed by atoms with Gasteiger partial charge in [-0.3, -0.25) is 0 Å². The molecule has 1 atom stereocenters. The molecule has 1 aromatic rings. The van der Waals surface area contributed by atoms with Crippen molar-refractivity contribution in [1.82, 2.24) is 0 Å². The number of methoxy groups -OCH3 is 1. The minimum Gasteiger partial charge on any atom is -0.379 e. The second-order valence-corrected chi connectivity index (χ2v) is 4.78. The van der Waals surface area contributed by atoms with Gasteiger partial charge in [-0.25, -0.2) is 4.39 Å². The maximum absolute atomic E-state index is 12.9. The van der Waals surface area contributed by atoms with Crippen molar-refractivity contribution in [3.8, 4) is 0 Å². The van der Waals surface area contributed by atoms with Crippen LogP contribution in [0.3, 0.4) is 0 Å². The predicted octanol–water partition coefficient (Wildman–Crippen LogP) is 2.95. The van der Waals surface area contributed by atoms with Crippen molar-refractivity contribution in [3.63, 3.8) is 0 Å². The van der Waals surface area contributed by atoms with Crippen LogP contribution < -0.4 is 5.73 Å². The van der Waals surface area contributed by atoms with Crippen molar-refractivity contribution in [2.75, 3.05) is 7.11 Å². The van der Waals surface area contributed by atoms with Gasteiger partial charge in [-0.15, -0.1) is 0 Å². The number of hydrogen-bond acceptors (Lipinski definition) is 2. The molecule has 0 aliphatic heterocycles. The van der Waals surface area contributed by atoms with Crippen molar-refractivity contribution in [2.24, 2.45) is 5.73 Å². The molecule has 0 amide bonds. The van der Waals surface area contributed by atoms with E-state index in [1.807, 2.05) is 20.8 Å². The molecule has 0 fully saturated rings. The number of nitrogens with two attached hydrogens (primary N) is 1. The highest BCUT2D eigenvalue weighted by Gasteiger charge is 2.22. The fraction of sp³-hybridized carbons (Fsp3) is 0.538. The summed E-state index contributed by atoms with van der Waals surface area (Å²) in [4.78, 5) is 0. The topological polar surface area (TPSA) is 35.2 Å². The number of rotatable bonds is 4. The molecule has 0 aliphatic rings. The Balaban J connectivity index is 2.84. The highest BCUT2D eigenvalue weighted by atomic mass is 19.1. The summed E-state index contributed by atoms with van der Waals surface area (Å²) in [6, 6.07) is 4.58. The van der Waals surface area contributed by atoms with Gasteiger partial charge in [-0.2, -0.15) is 0 Å². The van der Waals surface area contributed by atoms with Crippen molar-refractivity contribution in [2.45, 2.75) is 38.8 Å². The predicted molar refractivity (Wildman–Crippen MR) is 63.8 cm³/mol. The third-order valence-corrected chi connectivity index (χ3v) is 2.90. The molecule has 90 valence electrons. The molecular weight excluding hydrogens is 205 g/mol. The van der Waals surface area contributed by atoms with E-state index in [0.717, 1.165) is 11.1 Å². The van der Waals surface area contributed by atoms with Crippen molar-refractivity contribution in [3.05, 3.63) is 35.1 Å². The lowest BCUT2D eigenvalue weighted by atomic mass is 9.92. The fourth-order valence-electron chi connectivity index (χ4n) is 1.78. The quantitative estimate of drug-likeness (QED) is 0.855. The van der Waals surface area contributed by atoms with E-state index in [2.05, 4.69) is 0 Å². The summed E-state index contributed by atoms with van der Waals surface area (Å²) in [5.41, 5.74) is 7.71. The van der Waals surface area contributed by atoms with E-state index < -0.39 is 0 Å². The number of ether oxygens (including phenoxy) is 1.